The molecule has 10 heteroatoms. The molecule has 10 nitrogen and oxygen atoms in total. The topological polar surface area (TPSA) is 143 Å². The van der Waals surface area contributed by atoms with Gasteiger partial charge in [0.15, 0.2) is 0 Å². The van der Waals surface area contributed by atoms with Crippen LogP contribution in [-0.4, -0.2) is 98.1 Å². The van der Waals surface area contributed by atoms with Crippen molar-refractivity contribution in [2.75, 3.05) is 53.6 Å². The van der Waals surface area contributed by atoms with Crippen LogP contribution in [0.1, 0.15) is 95.5 Å². The van der Waals surface area contributed by atoms with E-state index in [0.29, 0.717) is 50.6 Å². The van der Waals surface area contributed by atoms with E-state index in [1.165, 1.54) is 0 Å². The fourth-order valence-electron chi connectivity index (χ4n) is 6.46. The summed E-state index contributed by atoms with van der Waals surface area (Å²) >= 11 is 0. The van der Waals surface area contributed by atoms with E-state index in [9.17, 15) is 14.7 Å². The minimum Gasteiger partial charge on any atom is -0.391 e. The van der Waals surface area contributed by atoms with E-state index in [-0.39, 0.29) is 23.7 Å². The molecule has 5 atom stereocenters. The van der Waals surface area contributed by atoms with Crippen molar-refractivity contribution < 1.29 is 24.2 Å². The number of hydrogen-bond donors (Lipinski definition) is 4. The Morgan fingerprint density at radius 3 is 2.28 bits per heavy atom. The van der Waals surface area contributed by atoms with Crippen LogP contribution in [0.15, 0.2) is 24.3 Å². The third-order valence-corrected chi connectivity index (χ3v) is 9.63. The Morgan fingerprint density at radius 1 is 1.02 bits per heavy atom. The van der Waals surface area contributed by atoms with E-state index in [1.807, 2.05) is 26.0 Å². The van der Waals surface area contributed by atoms with Gasteiger partial charge in [-0.2, -0.15) is 0 Å². The Morgan fingerprint density at radius 2 is 1.70 bits per heavy atom. The highest BCUT2D eigenvalue weighted by Crippen LogP contribution is 2.36. The number of methoxy groups -OCH3 is 1. The lowest BCUT2D eigenvalue weighted by atomic mass is 9.79. The molecule has 0 spiro atoms. The zero-order valence-corrected chi connectivity index (χ0v) is 29.8. The van der Waals surface area contributed by atoms with Crippen molar-refractivity contribution >= 4 is 11.8 Å². The van der Waals surface area contributed by atoms with Crippen molar-refractivity contribution in [3.05, 3.63) is 35.4 Å². The van der Waals surface area contributed by atoms with Crippen LogP contribution in [0.4, 0.5) is 0 Å². The number of nitrogens with one attached hydrogen (secondary N) is 1. The molecular weight excluding hydrogens is 582 g/mol. The molecule has 1 aromatic carbocycles. The van der Waals surface area contributed by atoms with E-state index in [0.717, 1.165) is 57.3 Å². The molecule has 46 heavy (non-hydrogen) atoms. The summed E-state index contributed by atoms with van der Waals surface area (Å²) in [6.45, 7) is 15.7. The zero-order valence-electron chi connectivity index (χ0n) is 29.8. The van der Waals surface area contributed by atoms with E-state index in [2.05, 4.69) is 42.9 Å². The van der Waals surface area contributed by atoms with Crippen LogP contribution in [-0.2, 0) is 20.8 Å². The highest BCUT2D eigenvalue weighted by molar-refractivity contribution is 5.92. The van der Waals surface area contributed by atoms with Gasteiger partial charge in [0.25, 0.3) is 0 Å². The van der Waals surface area contributed by atoms with Crippen LogP contribution < -0.4 is 16.8 Å². The van der Waals surface area contributed by atoms with Gasteiger partial charge in [-0.3, -0.25) is 14.5 Å². The number of amides is 2. The number of primary amides is 1. The fraction of sp³-hybridized carbons (Fsp3) is 0.778. The zero-order chi connectivity index (χ0) is 34.3. The average molecular weight is 648 g/mol. The molecule has 0 aromatic heterocycles. The van der Waals surface area contributed by atoms with Crippen LogP contribution in [0, 0.1) is 23.7 Å². The lowest BCUT2D eigenvalue weighted by Crippen LogP contribution is -2.63. The number of benzene rings is 1. The first-order chi connectivity index (χ1) is 21.8. The van der Waals surface area contributed by atoms with E-state index < -0.39 is 23.8 Å². The quantitative estimate of drug-likeness (QED) is 0.138. The number of hydrogen-bond acceptors (Lipinski definition) is 8. The van der Waals surface area contributed by atoms with Gasteiger partial charge in [0.2, 0.25) is 11.8 Å². The number of nitrogens with two attached hydrogens (primary N) is 2. The number of unbranched alkanes of at least 4 members (excludes halogenated alkanes) is 2. The van der Waals surface area contributed by atoms with Gasteiger partial charge in [-0.15, -0.1) is 0 Å². The van der Waals surface area contributed by atoms with Crippen LogP contribution in [0.25, 0.3) is 0 Å². The largest absolute Gasteiger partial charge is 0.391 e. The molecule has 1 heterocycles. The van der Waals surface area contributed by atoms with Crippen molar-refractivity contribution in [3.63, 3.8) is 0 Å². The summed E-state index contributed by atoms with van der Waals surface area (Å²) < 4.78 is 12.2. The number of carbonyl (C=O) groups excluding carboxylic acids is 2. The molecule has 1 aromatic rings. The Kier molecular flexibility index (Phi) is 17.7. The molecule has 6 N–H and O–H groups in total. The predicted octanol–water partition coefficient (Wildman–Crippen LogP) is 3.99. The first-order valence-electron chi connectivity index (χ1n) is 17.5. The maximum Gasteiger partial charge on any atom is 0.248 e. The second-order valence-electron chi connectivity index (χ2n) is 14.1. The maximum absolute atomic E-state index is 13.0. The summed E-state index contributed by atoms with van der Waals surface area (Å²) in [5, 5.41) is 14.4. The Hall–Kier alpha value is -2.08. The normalized spacial score (nSPS) is 20.5. The van der Waals surface area contributed by atoms with E-state index in [1.54, 1.807) is 19.2 Å². The number of ether oxygens (including phenoxy) is 2. The molecular formula is C36H65N5O5. The highest BCUT2D eigenvalue weighted by atomic mass is 16.5. The highest BCUT2D eigenvalue weighted by Gasteiger charge is 2.44. The Balaban J connectivity index is 2.29. The Bertz CT molecular complexity index is 1020. The lowest BCUT2D eigenvalue weighted by molar-refractivity contribution is -0.204. The van der Waals surface area contributed by atoms with Gasteiger partial charge in [0, 0.05) is 70.6 Å². The second-order valence-corrected chi connectivity index (χ2v) is 14.1. The van der Waals surface area contributed by atoms with Crippen molar-refractivity contribution in [1.82, 2.24) is 15.1 Å². The van der Waals surface area contributed by atoms with E-state index >= 15 is 0 Å². The number of rotatable bonds is 22. The number of aliphatic hydroxyl groups is 1. The summed E-state index contributed by atoms with van der Waals surface area (Å²) in [4.78, 5) is 29.4. The molecule has 0 aliphatic carbocycles. The summed E-state index contributed by atoms with van der Waals surface area (Å²) in [6.07, 6.45) is 4.71. The first-order valence-corrected chi connectivity index (χ1v) is 17.5. The number of carbonyl (C=O) groups is 2. The van der Waals surface area contributed by atoms with Crippen molar-refractivity contribution in [2.45, 2.75) is 104 Å². The van der Waals surface area contributed by atoms with Gasteiger partial charge < -0.3 is 36.3 Å². The van der Waals surface area contributed by atoms with Gasteiger partial charge in [0.1, 0.15) is 5.72 Å². The Labute approximate surface area is 278 Å². The SMILES string of the molecule is CCCCNC(=O)C(CC(O)C(N)CC(CC1(OCCCCOC)CN(C)CCN1Cc1ccc(C(N)=O)cc1)C(C)C)C(C)C. The number of nitrogens with zero attached hydrogens (tertiary/aromatic N) is 2. The molecule has 1 saturated heterocycles. The van der Waals surface area contributed by atoms with Gasteiger partial charge in [-0.25, -0.2) is 0 Å². The van der Waals surface area contributed by atoms with Gasteiger partial charge >= 0.3 is 0 Å². The predicted molar refractivity (Wildman–Crippen MR) is 185 cm³/mol. The smallest absolute Gasteiger partial charge is 0.248 e. The molecule has 2 amide bonds. The molecule has 1 aliphatic rings. The summed E-state index contributed by atoms with van der Waals surface area (Å²) in [6, 6.07) is 7.04. The van der Waals surface area contributed by atoms with Crippen molar-refractivity contribution in [2.24, 2.45) is 35.1 Å². The third kappa shape index (κ3) is 12.8. The third-order valence-electron chi connectivity index (χ3n) is 9.63. The van der Waals surface area contributed by atoms with Crippen molar-refractivity contribution in [3.8, 4) is 0 Å². The molecule has 5 unspecified atom stereocenters. The van der Waals surface area contributed by atoms with E-state index in [4.69, 9.17) is 20.9 Å². The number of aliphatic hydroxyl groups excluding tert-OH is 1. The van der Waals surface area contributed by atoms with Crippen LogP contribution in [0.2, 0.25) is 0 Å². The van der Waals surface area contributed by atoms with Gasteiger partial charge in [0.05, 0.1) is 6.10 Å². The molecule has 264 valence electrons. The van der Waals surface area contributed by atoms with Crippen LogP contribution in [0.5, 0.6) is 0 Å². The summed E-state index contributed by atoms with van der Waals surface area (Å²) in [5.41, 5.74) is 13.3. The number of piperazine rings is 1. The fourth-order valence-corrected chi connectivity index (χ4v) is 6.46. The molecule has 0 saturated carbocycles. The van der Waals surface area contributed by atoms with Gasteiger partial charge in [-0.05, 0) is 81.0 Å². The van der Waals surface area contributed by atoms with Crippen molar-refractivity contribution in [1.29, 1.82) is 0 Å². The number of likely N-dealkylation sites (N-methyl/N-ethyl adjacent to an activating group) is 1. The minimum atomic E-state index is -0.787. The monoisotopic (exact) mass is 647 g/mol. The van der Waals surface area contributed by atoms with Crippen LogP contribution in [0.3, 0.4) is 0 Å². The molecule has 0 radical (unpaired) electrons. The summed E-state index contributed by atoms with van der Waals surface area (Å²) in [7, 11) is 3.86. The molecule has 2 rings (SSSR count). The summed E-state index contributed by atoms with van der Waals surface area (Å²) in [5.74, 6) is -0.154. The first kappa shape index (κ1) is 40.1. The standard InChI is InChI=1S/C36H65N5O5/c1-8-9-16-39-35(44)31(27(4)5)22-33(42)32(37)21-30(26(2)3)23-36(46-20-11-10-19-45-7)25-40(6)17-18-41(36)24-28-12-14-29(15-13-28)34(38)43/h12-15,26-27,30-33,42H,8-11,16-25,37H2,1-7H3,(H2,38,43)(H,39,44). The van der Waals surface area contributed by atoms with Gasteiger partial charge in [-0.1, -0.05) is 53.2 Å². The van der Waals surface area contributed by atoms with Crippen LogP contribution >= 0.6 is 0 Å². The second kappa shape index (κ2) is 20.3. The maximum atomic E-state index is 13.0. The minimum absolute atomic E-state index is 0.000631. The lowest BCUT2D eigenvalue weighted by Gasteiger charge is -2.51. The molecule has 1 aliphatic heterocycles. The average Bonchev–Trinajstić information content (AvgIpc) is 3.00. The molecule has 1 fully saturated rings. The molecule has 0 bridgehead atoms.